The second-order valence-electron chi connectivity index (χ2n) is 4.66. The zero-order valence-corrected chi connectivity index (χ0v) is 12.3. The lowest BCUT2D eigenvalue weighted by Gasteiger charge is -2.08. The van der Waals surface area contributed by atoms with Crippen molar-refractivity contribution in [3.63, 3.8) is 0 Å². The summed E-state index contributed by atoms with van der Waals surface area (Å²) in [6.07, 6.45) is 2.09. The average molecular weight is 303 g/mol. The number of carbonyl (C=O) groups excluding carboxylic acids is 1. The van der Waals surface area contributed by atoms with Crippen LogP contribution < -0.4 is 15.4 Å². The molecule has 6 heteroatoms. The van der Waals surface area contributed by atoms with Crippen molar-refractivity contribution in [3.8, 4) is 5.88 Å². The Morgan fingerprint density at radius 3 is 2.73 bits per heavy atom. The largest absolute Gasteiger partial charge is 0.481 e. The van der Waals surface area contributed by atoms with Crippen LogP contribution in [0.2, 0.25) is 0 Å². The summed E-state index contributed by atoms with van der Waals surface area (Å²) >= 11 is 0. The number of carbonyl (C=O) groups is 1. The lowest BCUT2D eigenvalue weighted by molar-refractivity contribution is 0.240. The molecule has 0 fully saturated rings. The maximum absolute atomic E-state index is 13.4. The number of hydrogen-bond acceptors (Lipinski definition) is 3. The maximum Gasteiger partial charge on any atom is 0.315 e. The van der Waals surface area contributed by atoms with E-state index in [0.717, 1.165) is 5.56 Å². The SMILES string of the molecule is COc1ccc(CNC(=O)NCCc2ccccc2F)cn1. The van der Waals surface area contributed by atoms with Gasteiger partial charge in [0, 0.05) is 25.4 Å². The van der Waals surface area contributed by atoms with Crippen molar-refractivity contribution in [2.45, 2.75) is 13.0 Å². The molecule has 1 heterocycles. The molecule has 116 valence electrons. The molecular formula is C16H18FN3O2. The molecule has 0 saturated carbocycles. The number of nitrogens with one attached hydrogen (secondary N) is 2. The number of ether oxygens (including phenoxy) is 1. The van der Waals surface area contributed by atoms with Crippen LogP contribution in [0.4, 0.5) is 9.18 Å². The van der Waals surface area contributed by atoms with Crippen LogP contribution in [0.15, 0.2) is 42.6 Å². The van der Waals surface area contributed by atoms with Crippen LogP contribution in [0.1, 0.15) is 11.1 Å². The van der Waals surface area contributed by atoms with Gasteiger partial charge in [-0.05, 0) is 23.6 Å². The molecule has 0 aliphatic rings. The molecular weight excluding hydrogens is 285 g/mol. The van der Waals surface area contributed by atoms with Crippen molar-refractivity contribution in [3.05, 3.63) is 59.5 Å². The molecule has 0 aliphatic carbocycles. The fourth-order valence-corrected chi connectivity index (χ4v) is 1.89. The molecule has 0 saturated heterocycles. The summed E-state index contributed by atoms with van der Waals surface area (Å²) in [5.74, 6) is 0.270. The third kappa shape index (κ3) is 4.73. The predicted octanol–water partition coefficient (Wildman–Crippen LogP) is 2.27. The topological polar surface area (TPSA) is 63.2 Å². The molecule has 2 N–H and O–H groups in total. The lowest BCUT2D eigenvalue weighted by atomic mass is 10.1. The van der Waals surface area contributed by atoms with E-state index in [4.69, 9.17) is 4.74 Å². The van der Waals surface area contributed by atoms with Gasteiger partial charge >= 0.3 is 6.03 Å². The first-order valence-electron chi connectivity index (χ1n) is 6.93. The second-order valence-corrected chi connectivity index (χ2v) is 4.66. The number of benzene rings is 1. The Morgan fingerprint density at radius 1 is 1.23 bits per heavy atom. The van der Waals surface area contributed by atoms with Crippen LogP contribution >= 0.6 is 0 Å². The summed E-state index contributed by atoms with van der Waals surface area (Å²) < 4.78 is 18.4. The highest BCUT2D eigenvalue weighted by Gasteiger charge is 2.03. The van der Waals surface area contributed by atoms with Gasteiger partial charge in [0.05, 0.1) is 7.11 Å². The third-order valence-electron chi connectivity index (χ3n) is 3.10. The molecule has 0 unspecified atom stereocenters. The minimum absolute atomic E-state index is 0.256. The summed E-state index contributed by atoms with van der Waals surface area (Å²) in [5, 5.41) is 5.40. The first-order valence-corrected chi connectivity index (χ1v) is 6.93. The number of urea groups is 1. The number of nitrogens with zero attached hydrogens (tertiary/aromatic N) is 1. The minimum Gasteiger partial charge on any atom is -0.481 e. The van der Waals surface area contributed by atoms with E-state index in [1.54, 1.807) is 37.6 Å². The number of hydrogen-bond donors (Lipinski definition) is 2. The van der Waals surface area contributed by atoms with E-state index in [1.807, 2.05) is 6.07 Å². The Balaban J connectivity index is 1.70. The highest BCUT2D eigenvalue weighted by atomic mass is 19.1. The molecule has 1 aromatic carbocycles. The van der Waals surface area contributed by atoms with Crippen LogP contribution in [0.5, 0.6) is 5.88 Å². The fourth-order valence-electron chi connectivity index (χ4n) is 1.89. The summed E-state index contributed by atoms with van der Waals surface area (Å²) in [6, 6.07) is 9.78. The summed E-state index contributed by atoms with van der Waals surface area (Å²) in [7, 11) is 1.54. The van der Waals surface area contributed by atoms with E-state index in [2.05, 4.69) is 15.6 Å². The molecule has 0 bridgehead atoms. The molecule has 0 aliphatic heterocycles. The summed E-state index contributed by atoms with van der Waals surface area (Å²) in [6.45, 7) is 0.732. The van der Waals surface area contributed by atoms with Crippen molar-refractivity contribution >= 4 is 6.03 Å². The van der Waals surface area contributed by atoms with E-state index < -0.39 is 0 Å². The second kappa shape index (κ2) is 7.97. The van der Waals surface area contributed by atoms with Crippen molar-refractivity contribution in [2.75, 3.05) is 13.7 Å². The van der Waals surface area contributed by atoms with Gasteiger partial charge in [-0.25, -0.2) is 14.2 Å². The predicted molar refractivity (Wildman–Crippen MR) is 81.1 cm³/mol. The van der Waals surface area contributed by atoms with Gasteiger partial charge in [-0.3, -0.25) is 0 Å². The van der Waals surface area contributed by atoms with Crippen molar-refractivity contribution in [1.82, 2.24) is 15.6 Å². The molecule has 5 nitrogen and oxygen atoms in total. The molecule has 2 aromatic rings. The van der Waals surface area contributed by atoms with Gasteiger partial charge in [-0.15, -0.1) is 0 Å². The van der Waals surface area contributed by atoms with Gasteiger partial charge in [0.2, 0.25) is 5.88 Å². The number of methoxy groups -OCH3 is 1. The number of rotatable bonds is 6. The summed E-state index contributed by atoms with van der Waals surface area (Å²) in [4.78, 5) is 15.7. The zero-order chi connectivity index (χ0) is 15.8. The Morgan fingerprint density at radius 2 is 2.05 bits per heavy atom. The Hall–Kier alpha value is -2.63. The van der Waals surface area contributed by atoms with Crippen LogP contribution in [0.3, 0.4) is 0 Å². The monoisotopic (exact) mass is 303 g/mol. The Bertz CT molecular complexity index is 617. The van der Waals surface area contributed by atoms with Gasteiger partial charge < -0.3 is 15.4 Å². The highest BCUT2D eigenvalue weighted by Crippen LogP contribution is 2.07. The van der Waals surface area contributed by atoms with E-state index in [0.29, 0.717) is 31.0 Å². The van der Waals surface area contributed by atoms with Gasteiger partial charge in [-0.2, -0.15) is 0 Å². The first kappa shape index (κ1) is 15.8. The van der Waals surface area contributed by atoms with E-state index in [-0.39, 0.29) is 11.8 Å². The van der Waals surface area contributed by atoms with Crippen LogP contribution in [0.25, 0.3) is 0 Å². The van der Waals surface area contributed by atoms with E-state index in [1.165, 1.54) is 6.07 Å². The molecule has 0 radical (unpaired) electrons. The first-order chi connectivity index (χ1) is 10.7. The number of aromatic nitrogens is 1. The maximum atomic E-state index is 13.4. The number of halogens is 1. The van der Waals surface area contributed by atoms with Crippen molar-refractivity contribution in [1.29, 1.82) is 0 Å². The quantitative estimate of drug-likeness (QED) is 0.860. The lowest BCUT2D eigenvalue weighted by Crippen LogP contribution is -2.36. The van der Waals surface area contributed by atoms with Gasteiger partial charge in [0.1, 0.15) is 5.82 Å². The summed E-state index contributed by atoms with van der Waals surface area (Å²) in [5.41, 5.74) is 1.45. The fraction of sp³-hybridized carbons (Fsp3) is 0.250. The molecule has 0 atom stereocenters. The normalized spacial score (nSPS) is 10.1. The molecule has 2 rings (SSSR count). The Labute approximate surface area is 128 Å². The molecule has 2 amide bonds. The Kier molecular flexibility index (Phi) is 5.71. The standard InChI is InChI=1S/C16H18FN3O2/c1-22-15-7-6-12(10-19-15)11-20-16(21)18-9-8-13-4-2-3-5-14(13)17/h2-7,10H,8-9,11H2,1H3,(H2,18,20,21). The van der Waals surface area contributed by atoms with Crippen molar-refractivity contribution < 1.29 is 13.9 Å². The molecule has 1 aromatic heterocycles. The minimum atomic E-state index is -0.299. The third-order valence-corrected chi connectivity index (χ3v) is 3.10. The molecule has 22 heavy (non-hydrogen) atoms. The van der Waals surface area contributed by atoms with Gasteiger partial charge in [-0.1, -0.05) is 24.3 Å². The van der Waals surface area contributed by atoms with Gasteiger partial charge in [0.15, 0.2) is 0 Å². The number of pyridine rings is 1. The van der Waals surface area contributed by atoms with E-state index >= 15 is 0 Å². The van der Waals surface area contributed by atoms with Crippen LogP contribution in [-0.4, -0.2) is 24.7 Å². The van der Waals surface area contributed by atoms with E-state index in [9.17, 15) is 9.18 Å². The highest BCUT2D eigenvalue weighted by molar-refractivity contribution is 5.73. The average Bonchev–Trinajstić information content (AvgIpc) is 2.55. The number of amides is 2. The van der Waals surface area contributed by atoms with Crippen molar-refractivity contribution in [2.24, 2.45) is 0 Å². The van der Waals surface area contributed by atoms with Crippen LogP contribution in [-0.2, 0) is 13.0 Å². The van der Waals surface area contributed by atoms with Gasteiger partial charge in [0.25, 0.3) is 0 Å². The smallest absolute Gasteiger partial charge is 0.315 e. The molecule has 0 spiro atoms. The zero-order valence-electron chi connectivity index (χ0n) is 12.3. The van der Waals surface area contributed by atoms with Crippen LogP contribution in [0, 0.1) is 5.82 Å².